The summed E-state index contributed by atoms with van der Waals surface area (Å²) in [4.78, 5) is 16.7. The number of hydrogen-bond donors (Lipinski definition) is 1. The molecule has 0 aliphatic rings. The quantitative estimate of drug-likeness (QED) is 0.766. The van der Waals surface area contributed by atoms with Crippen molar-refractivity contribution < 1.29 is 14.3 Å². The molecule has 124 valence electrons. The van der Waals surface area contributed by atoms with Gasteiger partial charge in [-0.1, -0.05) is 23.5 Å². The number of hydrogen-bond acceptors (Lipinski definition) is 5. The first kappa shape index (κ1) is 16.3. The Morgan fingerprint density at radius 3 is 2.71 bits per heavy atom. The van der Waals surface area contributed by atoms with E-state index >= 15 is 0 Å². The number of rotatable bonds is 5. The van der Waals surface area contributed by atoms with E-state index < -0.39 is 0 Å². The van der Waals surface area contributed by atoms with Crippen molar-refractivity contribution in [2.24, 2.45) is 0 Å². The molecule has 2 aromatic carbocycles. The van der Waals surface area contributed by atoms with E-state index in [1.807, 2.05) is 43.3 Å². The Balaban J connectivity index is 1.71. The summed E-state index contributed by atoms with van der Waals surface area (Å²) in [5.41, 5.74) is 2.79. The first-order valence-corrected chi connectivity index (χ1v) is 8.28. The van der Waals surface area contributed by atoms with Gasteiger partial charge in [0.1, 0.15) is 11.5 Å². The van der Waals surface area contributed by atoms with Crippen LogP contribution < -0.4 is 14.8 Å². The molecule has 5 nitrogen and oxygen atoms in total. The minimum absolute atomic E-state index is 0.0920. The maximum absolute atomic E-state index is 12.2. The van der Waals surface area contributed by atoms with Crippen molar-refractivity contribution in [3.8, 4) is 11.5 Å². The minimum atomic E-state index is -0.0920. The van der Waals surface area contributed by atoms with E-state index in [-0.39, 0.29) is 5.91 Å². The molecule has 0 atom stereocenters. The number of nitrogens with zero attached hydrogens (tertiary/aromatic N) is 1. The molecule has 0 aliphatic heterocycles. The number of ether oxygens (including phenoxy) is 2. The lowest BCUT2D eigenvalue weighted by Gasteiger charge is -2.07. The van der Waals surface area contributed by atoms with E-state index in [0.29, 0.717) is 11.6 Å². The maximum atomic E-state index is 12.2. The third kappa shape index (κ3) is 3.49. The molecule has 1 heterocycles. The van der Waals surface area contributed by atoms with Crippen LogP contribution in [0.5, 0.6) is 11.5 Å². The van der Waals surface area contributed by atoms with Gasteiger partial charge in [-0.25, -0.2) is 4.98 Å². The third-order valence-electron chi connectivity index (χ3n) is 3.67. The molecule has 1 aromatic heterocycles. The molecular formula is C18H18N2O3S. The Bertz CT molecular complexity index is 889. The van der Waals surface area contributed by atoms with E-state index in [0.717, 1.165) is 32.8 Å². The van der Waals surface area contributed by atoms with Gasteiger partial charge in [-0.15, -0.1) is 0 Å². The largest absolute Gasteiger partial charge is 0.497 e. The van der Waals surface area contributed by atoms with Crippen LogP contribution in [-0.2, 0) is 11.2 Å². The molecule has 0 aliphatic carbocycles. The summed E-state index contributed by atoms with van der Waals surface area (Å²) in [6, 6.07) is 11.4. The summed E-state index contributed by atoms with van der Waals surface area (Å²) in [5.74, 6) is 1.50. The Hall–Kier alpha value is -2.60. The van der Waals surface area contributed by atoms with Gasteiger partial charge >= 0.3 is 0 Å². The molecule has 0 bridgehead atoms. The summed E-state index contributed by atoms with van der Waals surface area (Å²) < 4.78 is 11.4. The maximum Gasteiger partial charge on any atom is 0.230 e. The number of fused-ring (bicyclic) bond motifs is 1. The van der Waals surface area contributed by atoms with Gasteiger partial charge in [0, 0.05) is 0 Å². The lowest BCUT2D eigenvalue weighted by atomic mass is 10.1. The Kier molecular flexibility index (Phi) is 4.66. The fourth-order valence-corrected chi connectivity index (χ4v) is 3.40. The summed E-state index contributed by atoms with van der Waals surface area (Å²) in [7, 11) is 3.26. The van der Waals surface area contributed by atoms with Crippen LogP contribution in [0.25, 0.3) is 10.2 Å². The van der Waals surface area contributed by atoms with Crippen molar-refractivity contribution in [1.29, 1.82) is 0 Å². The van der Waals surface area contributed by atoms with Crippen molar-refractivity contribution in [1.82, 2.24) is 4.98 Å². The molecule has 24 heavy (non-hydrogen) atoms. The monoisotopic (exact) mass is 342 g/mol. The zero-order valence-corrected chi connectivity index (χ0v) is 14.6. The summed E-state index contributed by atoms with van der Waals surface area (Å²) >= 11 is 1.43. The molecule has 0 fully saturated rings. The van der Waals surface area contributed by atoms with Gasteiger partial charge < -0.3 is 14.8 Å². The first-order valence-electron chi connectivity index (χ1n) is 7.47. The Morgan fingerprint density at radius 2 is 2.00 bits per heavy atom. The standard InChI is InChI=1S/C18H18N2O3S/c1-11-8-12(4-7-15(11)23-3)9-17(21)20-18-19-14-6-5-13(22-2)10-16(14)24-18/h4-8,10H,9H2,1-3H3,(H,19,20,21). The van der Waals surface area contributed by atoms with Gasteiger partial charge in [0.05, 0.1) is 30.9 Å². The third-order valence-corrected chi connectivity index (χ3v) is 4.60. The van der Waals surface area contributed by atoms with E-state index in [4.69, 9.17) is 9.47 Å². The van der Waals surface area contributed by atoms with Crippen molar-refractivity contribution in [2.75, 3.05) is 19.5 Å². The van der Waals surface area contributed by atoms with Gasteiger partial charge in [0.25, 0.3) is 0 Å². The average Bonchev–Trinajstić information content (AvgIpc) is 2.95. The second-order valence-electron chi connectivity index (χ2n) is 5.38. The fraction of sp³-hybridized carbons (Fsp3) is 0.222. The van der Waals surface area contributed by atoms with Crippen molar-refractivity contribution >= 4 is 32.6 Å². The molecule has 3 aromatic rings. The second-order valence-corrected chi connectivity index (χ2v) is 6.41. The van der Waals surface area contributed by atoms with E-state index in [1.54, 1.807) is 14.2 Å². The van der Waals surface area contributed by atoms with E-state index in [1.165, 1.54) is 11.3 Å². The molecule has 1 N–H and O–H groups in total. The smallest absolute Gasteiger partial charge is 0.230 e. The van der Waals surface area contributed by atoms with Crippen LogP contribution in [0.15, 0.2) is 36.4 Å². The molecule has 0 saturated carbocycles. The van der Waals surface area contributed by atoms with Crippen LogP contribution in [0.3, 0.4) is 0 Å². The lowest BCUT2D eigenvalue weighted by Crippen LogP contribution is -2.14. The fourth-order valence-electron chi connectivity index (χ4n) is 2.48. The number of aromatic nitrogens is 1. The highest BCUT2D eigenvalue weighted by molar-refractivity contribution is 7.22. The van der Waals surface area contributed by atoms with E-state index in [2.05, 4.69) is 10.3 Å². The van der Waals surface area contributed by atoms with Crippen molar-refractivity contribution in [3.63, 3.8) is 0 Å². The second kappa shape index (κ2) is 6.88. The highest BCUT2D eigenvalue weighted by atomic mass is 32.1. The number of thiazole rings is 1. The predicted octanol–water partition coefficient (Wildman–Crippen LogP) is 3.80. The zero-order chi connectivity index (χ0) is 17.1. The first-order chi connectivity index (χ1) is 11.6. The topological polar surface area (TPSA) is 60.5 Å². The highest BCUT2D eigenvalue weighted by Crippen LogP contribution is 2.29. The summed E-state index contributed by atoms with van der Waals surface area (Å²) in [6.45, 7) is 1.96. The van der Waals surface area contributed by atoms with Crippen LogP contribution >= 0.6 is 11.3 Å². The normalized spacial score (nSPS) is 10.6. The van der Waals surface area contributed by atoms with E-state index in [9.17, 15) is 4.79 Å². The zero-order valence-electron chi connectivity index (χ0n) is 13.8. The lowest BCUT2D eigenvalue weighted by molar-refractivity contribution is -0.115. The molecule has 0 saturated heterocycles. The van der Waals surface area contributed by atoms with Gasteiger partial charge in [0.15, 0.2) is 5.13 Å². The van der Waals surface area contributed by atoms with Gasteiger partial charge in [0.2, 0.25) is 5.91 Å². The summed E-state index contributed by atoms with van der Waals surface area (Å²) in [5, 5.41) is 3.45. The number of benzene rings is 2. The molecule has 0 spiro atoms. The van der Waals surface area contributed by atoms with Crippen molar-refractivity contribution in [3.05, 3.63) is 47.5 Å². The molecule has 3 rings (SSSR count). The summed E-state index contributed by atoms with van der Waals surface area (Å²) in [6.07, 6.45) is 0.296. The van der Waals surface area contributed by atoms with Crippen LogP contribution in [0.4, 0.5) is 5.13 Å². The molecule has 6 heteroatoms. The number of nitrogens with one attached hydrogen (secondary N) is 1. The average molecular weight is 342 g/mol. The predicted molar refractivity (Wildman–Crippen MR) is 96.2 cm³/mol. The Morgan fingerprint density at radius 1 is 1.17 bits per heavy atom. The molecule has 1 amide bonds. The molecule has 0 radical (unpaired) electrons. The number of anilines is 1. The minimum Gasteiger partial charge on any atom is -0.497 e. The number of methoxy groups -OCH3 is 2. The SMILES string of the molecule is COc1ccc2nc(NC(=O)Cc3ccc(OC)c(C)c3)sc2c1. The van der Waals surface area contributed by atoms with Gasteiger partial charge in [-0.05, 0) is 42.3 Å². The highest BCUT2D eigenvalue weighted by Gasteiger charge is 2.10. The Labute approximate surface area is 144 Å². The van der Waals surface area contributed by atoms with Crippen LogP contribution in [-0.4, -0.2) is 25.1 Å². The van der Waals surface area contributed by atoms with Crippen molar-refractivity contribution in [2.45, 2.75) is 13.3 Å². The number of amides is 1. The molecule has 0 unspecified atom stereocenters. The van der Waals surface area contributed by atoms with Crippen LogP contribution in [0.1, 0.15) is 11.1 Å². The number of carbonyl (C=O) groups is 1. The van der Waals surface area contributed by atoms with Gasteiger partial charge in [-0.2, -0.15) is 0 Å². The number of aryl methyl sites for hydroxylation is 1. The van der Waals surface area contributed by atoms with Crippen LogP contribution in [0, 0.1) is 6.92 Å². The number of carbonyl (C=O) groups excluding carboxylic acids is 1. The van der Waals surface area contributed by atoms with Crippen LogP contribution in [0.2, 0.25) is 0 Å². The molecular weight excluding hydrogens is 324 g/mol. The van der Waals surface area contributed by atoms with Gasteiger partial charge in [-0.3, -0.25) is 4.79 Å².